The molecule has 0 radical (unpaired) electrons. The zero-order chi connectivity index (χ0) is 15.6. The number of aliphatic hydroxyl groups is 1. The molecule has 22 heavy (non-hydrogen) atoms. The van der Waals surface area contributed by atoms with Crippen molar-refractivity contribution in [3.05, 3.63) is 11.1 Å². The van der Waals surface area contributed by atoms with Crippen molar-refractivity contribution in [1.29, 1.82) is 0 Å². The van der Waals surface area contributed by atoms with Gasteiger partial charge in [-0.1, -0.05) is 11.1 Å². The molecule has 0 spiro atoms. The second-order valence-electron chi connectivity index (χ2n) is 6.87. The zero-order valence-corrected chi connectivity index (χ0v) is 14.3. The molecule has 0 aromatic heterocycles. The van der Waals surface area contributed by atoms with Gasteiger partial charge >= 0.3 is 0 Å². The lowest BCUT2D eigenvalue weighted by Crippen LogP contribution is -2.22. The third-order valence-electron chi connectivity index (χ3n) is 5.23. The molecule has 2 atom stereocenters. The summed E-state index contributed by atoms with van der Waals surface area (Å²) in [6, 6.07) is 0. The maximum absolute atomic E-state index is 9.02. The average molecular weight is 310 g/mol. The number of hydrogen-bond donors (Lipinski definition) is 1. The summed E-state index contributed by atoms with van der Waals surface area (Å²) in [7, 11) is 0. The Kier molecular flexibility index (Phi) is 8.50. The minimum atomic E-state index is 0.0623. The van der Waals surface area contributed by atoms with Gasteiger partial charge in [0.05, 0.1) is 0 Å². The maximum Gasteiger partial charge on any atom is 0.157 e. The average Bonchev–Trinajstić information content (AvgIpc) is 2.56. The summed E-state index contributed by atoms with van der Waals surface area (Å²) in [4.78, 5) is 0. The Hall–Kier alpha value is -0.380. The predicted octanol–water partition coefficient (Wildman–Crippen LogP) is 4.59. The quantitative estimate of drug-likeness (QED) is 0.500. The standard InChI is InChI=1S/C19H34O3/c1-16-17(9-6-10-18(16)11-7-13-20)8-2-4-14-21-19-12-3-5-15-22-19/h18-20H,2-15H2,1H3. The number of unbranched alkanes of at least 4 members (excludes halogenated alkanes) is 1. The molecule has 1 aliphatic heterocycles. The maximum atomic E-state index is 9.02. The number of hydrogen-bond acceptors (Lipinski definition) is 3. The molecule has 0 saturated carbocycles. The van der Waals surface area contributed by atoms with Gasteiger partial charge in [-0.15, -0.1) is 0 Å². The molecule has 2 unspecified atom stereocenters. The summed E-state index contributed by atoms with van der Waals surface area (Å²) in [5.74, 6) is 0.725. The fourth-order valence-electron chi connectivity index (χ4n) is 3.78. The highest BCUT2D eigenvalue weighted by Gasteiger charge is 2.19. The first-order chi connectivity index (χ1) is 10.8. The minimum absolute atomic E-state index is 0.0623. The van der Waals surface area contributed by atoms with Crippen LogP contribution < -0.4 is 0 Å². The molecule has 1 N–H and O–H groups in total. The largest absolute Gasteiger partial charge is 0.396 e. The molecule has 1 saturated heterocycles. The van der Waals surface area contributed by atoms with Crippen LogP contribution in [-0.2, 0) is 9.47 Å². The summed E-state index contributed by atoms with van der Waals surface area (Å²) in [6.07, 6.45) is 13.2. The van der Waals surface area contributed by atoms with Crippen molar-refractivity contribution in [2.24, 2.45) is 5.92 Å². The van der Waals surface area contributed by atoms with Crippen LogP contribution in [0.15, 0.2) is 11.1 Å². The van der Waals surface area contributed by atoms with Gasteiger partial charge in [0.15, 0.2) is 6.29 Å². The summed E-state index contributed by atoms with van der Waals surface area (Å²) in [5.41, 5.74) is 3.30. The van der Waals surface area contributed by atoms with E-state index in [1.807, 2.05) is 0 Å². The summed E-state index contributed by atoms with van der Waals surface area (Å²) in [5, 5.41) is 9.02. The third-order valence-corrected chi connectivity index (χ3v) is 5.23. The second kappa shape index (κ2) is 10.4. The Morgan fingerprint density at radius 2 is 2.05 bits per heavy atom. The monoisotopic (exact) mass is 310 g/mol. The minimum Gasteiger partial charge on any atom is -0.396 e. The van der Waals surface area contributed by atoms with Gasteiger partial charge in [-0.2, -0.15) is 0 Å². The first-order valence-corrected chi connectivity index (χ1v) is 9.34. The molecule has 128 valence electrons. The third kappa shape index (κ3) is 6.02. The van der Waals surface area contributed by atoms with Crippen molar-refractivity contribution in [3.63, 3.8) is 0 Å². The molecule has 3 heteroatoms. The Balaban J connectivity index is 1.62. The van der Waals surface area contributed by atoms with Crippen LogP contribution in [0.25, 0.3) is 0 Å². The number of aliphatic hydroxyl groups excluding tert-OH is 1. The molecule has 0 aromatic rings. The van der Waals surface area contributed by atoms with Crippen LogP contribution in [-0.4, -0.2) is 31.2 Å². The number of rotatable bonds is 9. The Morgan fingerprint density at radius 3 is 2.82 bits per heavy atom. The van der Waals surface area contributed by atoms with Gasteiger partial charge in [0.25, 0.3) is 0 Å². The SMILES string of the molecule is CC1=C(CCCCOC2CCCCO2)CCCC1CCCO. The summed E-state index contributed by atoms with van der Waals surface area (Å²) < 4.78 is 11.4. The highest BCUT2D eigenvalue weighted by Crippen LogP contribution is 2.35. The van der Waals surface area contributed by atoms with Crippen LogP contribution in [0, 0.1) is 5.92 Å². The molecule has 1 fully saturated rings. The van der Waals surface area contributed by atoms with Crippen LogP contribution in [0.2, 0.25) is 0 Å². The predicted molar refractivity (Wildman–Crippen MR) is 89.8 cm³/mol. The van der Waals surface area contributed by atoms with E-state index >= 15 is 0 Å². The van der Waals surface area contributed by atoms with Crippen molar-refractivity contribution >= 4 is 0 Å². The van der Waals surface area contributed by atoms with Crippen molar-refractivity contribution < 1.29 is 14.6 Å². The van der Waals surface area contributed by atoms with Gasteiger partial charge in [-0.25, -0.2) is 0 Å². The van der Waals surface area contributed by atoms with Crippen molar-refractivity contribution in [3.8, 4) is 0 Å². The van der Waals surface area contributed by atoms with E-state index in [2.05, 4.69) is 6.92 Å². The van der Waals surface area contributed by atoms with Crippen molar-refractivity contribution in [2.45, 2.75) is 83.8 Å². The fourth-order valence-corrected chi connectivity index (χ4v) is 3.78. The lowest BCUT2D eigenvalue weighted by Gasteiger charge is -2.27. The van der Waals surface area contributed by atoms with Gasteiger partial charge in [-0.3, -0.25) is 0 Å². The van der Waals surface area contributed by atoms with E-state index in [9.17, 15) is 0 Å². The highest BCUT2D eigenvalue weighted by atomic mass is 16.7. The van der Waals surface area contributed by atoms with E-state index in [1.165, 1.54) is 44.9 Å². The molecule has 0 bridgehead atoms. The number of allylic oxidation sites excluding steroid dienone is 2. The van der Waals surface area contributed by atoms with Crippen LogP contribution >= 0.6 is 0 Å². The van der Waals surface area contributed by atoms with Crippen LogP contribution in [0.1, 0.15) is 77.6 Å². The molecule has 1 aliphatic carbocycles. The van der Waals surface area contributed by atoms with Gasteiger partial charge in [0.2, 0.25) is 0 Å². The molecular weight excluding hydrogens is 276 g/mol. The zero-order valence-electron chi connectivity index (χ0n) is 14.3. The number of ether oxygens (including phenoxy) is 2. The smallest absolute Gasteiger partial charge is 0.157 e. The van der Waals surface area contributed by atoms with E-state index in [1.54, 1.807) is 11.1 Å². The van der Waals surface area contributed by atoms with Crippen LogP contribution in [0.4, 0.5) is 0 Å². The van der Waals surface area contributed by atoms with E-state index in [0.717, 1.165) is 44.8 Å². The molecule has 3 nitrogen and oxygen atoms in total. The van der Waals surface area contributed by atoms with E-state index < -0.39 is 0 Å². The lowest BCUT2D eigenvalue weighted by atomic mass is 9.79. The Bertz CT molecular complexity index is 332. The molecular formula is C19H34O3. The first-order valence-electron chi connectivity index (χ1n) is 9.34. The van der Waals surface area contributed by atoms with Crippen molar-refractivity contribution in [2.75, 3.05) is 19.8 Å². The molecule has 0 amide bonds. The molecule has 1 heterocycles. The van der Waals surface area contributed by atoms with Gasteiger partial charge in [0.1, 0.15) is 0 Å². The Labute approximate surface area is 136 Å². The van der Waals surface area contributed by atoms with Crippen LogP contribution in [0.5, 0.6) is 0 Å². The molecule has 2 aliphatic rings. The van der Waals surface area contributed by atoms with Crippen LogP contribution in [0.3, 0.4) is 0 Å². The second-order valence-corrected chi connectivity index (χ2v) is 6.87. The summed E-state index contributed by atoms with van der Waals surface area (Å²) in [6.45, 7) is 4.36. The first kappa shape index (κ1) is 18.0. The highest BCUT2D eigenvalue weighted by molar-refractivity contribution is 5.18. The van der Waals surface area contributed by atoms with E-state index in [-0.39, 0.29) is 6.29 Å². The molecule has 0 aromatic carbocycles. The summed E-state index contributed by atoms with van der Waals surface area (Å²) >= 11 is 0. The van der Waals surface area contributed by atoms with E-state index in [4.69, 9.17) is 14.6 Å². The normalized spacial score (nSPS) is 26.5. The fraction of sp³-hybridized carbons (Fsp3) is 0.895. The topological polar surface area (TPSA) is 38.7 Å². The van der Waals surface area contributed by atoms with Gasteiger partial charge < -0.3 is 14.6 Å². The molecule has 2 rings (SSSR count). The Morgan fingerprint density at radius 1 is 1.14 bits per heavy atom. The lowest BCUT2D eigenvalue weighted by molar-refractivity contribution is -0.162. The van der Waals surface area contributed by atoms with Gasteiger partial charge in [0, 0.05) is 19.8 Å². The van der Waals surface area contributed by atoms with E-state index in [0.29, 0.717) is 6.61 Å². The van der Waals surface area contributed by atoms with Gasteiger partial charge in [-0.05, 0) is 83.5 Å². The van der Waals surface area contributed by atoms with Crippen molar-refractivity contribution in [1.82, 2.24) is 0 Å².